The van der Waals surface area contributed by atoms with E-state index >= 15 is 0 Å². The Morgan fingerprint density at radius 2 is 1.93 bits per heavy atom. The molecule has 0 bridgehead atoms. The number of para-hydroxylation sites is 1. The van der Waals surface area contributed by atoms with Crippen LogP contribution in [0.3, 0.4) is 0 Å². The Hall–Kier alpha value is -2.03. The lowest BCUT2D eigenvalue weighted by atomic mass is 10.1. The molecule has 3 heteroatoms. The maximum Gasteiger partial charge on any atom is 0.247 e. The monoisotopic (exact) mass is 201 g/mol. The van der Waals surface area contributed by atoms with E-state index in [2.05, 4.69) is 4.98 Å². The average molecular weight is 201 g/mol. The number of hydrogen-bond acceptors (Lipinski definition) is 2. The minimum absolute atomic E-state index is 0.103. The quantitative estimate of drug-likeness (QED) is 0.808. The van der Waals surface area contributed by atoms with E-state index in [1.807, 2.05) is 24.3 Å². The lowest BCUT2D eigenvalue weighted by Gasteiger charge is -2.07. The zero-order valence-corrected chi connectivity index (χ0v) is 8.36. The Morgan fingerprint density at radius 1 is 1.13 bits per heavy atom. The van der Waals surface area contributed by atoms with Gasteiger partial charge >= 0.3 is 0 Å². The van der Waals surface area contributed by atoms with Gasteiger partial charge in [0.05, 0.1) is 7.11 Å². The van der Waals surface area contributed by atoms with Crippen LogP contribution in [-0.4, -0.2) is 12.1 Å². The van der Waals surface area contributed by atoms with Crippen molar-refractivity contribution in [3.8, 4) is 16.9 Å². The zero-order chi connectivity index (χ0) is 10.7. The molecule has 0 unspecified atom stereocenters. The largest absolute Gasteiger partial charge is 0.496 e. The normalized spacial score (nSPS) is 9.93. The smallest absolute Gasteiger partial charge is 0.247 e. The molecule has 1 N–H and O–H groups in total. The lowest BCUT2D eigenvalue weighted by molar-refractivity contribution is 0.416. The highest BCUT2D eigenvalue weighted by Crippen LogP contribution is 2.27. The van der Waals surface area contributed by atoms with Crippen LogP contribution in [0.1, 0.15) is 0 Å². The third kappa shape index (κ3) is 1.91. The van der Waals surface area contributed by atoms with Gasteiger partial charge in [-0.25, -0.2) is 0 Å². The summed E-state index contributed by atoms with van der Waals surface area (Å²) in [5.74, 6) is 0.796. The summed E-state index contributed by atoms with van der Waals surface area (Å²) in [6.45, 7) is 0. The fraction of sp³-hybridized carbons (Fsp3) is 0.0833. The maximum atomic E-state index is 10.9. The van der Waals surface area contributed by atoms with Crippen LogP contribution in [0.4, 0.5) is 0 Å². The molecule has 0 saturated heterocycles. The first-order chi connectivity index (χ1) is 7.31. The topological polar surface area (TPSA) is 42.1 Å². The predicted octanol–water partition coefficient (Wildman–Crippen LogP) is 2.05. The summed E-state index contributed by atoms with van der Waals surface area (Å²) in [5, 5.41) is 0. The summed E-state index contributed by atoms with van der Waals surface area (Å²) < 4.78 is 5.24. The van der Waals surface area contributed by atoms with Crippen LogP contribution in [0.2, 0.25) is 0 Å². The van der Waals surface area contributed by atoms with Gasteiger partial charge in [-0.3, -0.25) is 4.79 Å². The van der Waals surface area contributed by atoms with Crippen molar-refractivity contribution in [3.63, 3.8) is 0 Å². The van der Waals surface area contributed by atoms with Crippen molar-refractivity contribution >= 4 is 0 Å². The van der Waals surface area contributed by atoms with E-state index in [1.54, 1.807) is 19.4 Å². The summed E-state index contributed by atoms with van der Waals surface area (Å²) in [7, 11) is 1.63. The van der Waals surface area contributed by atoms with Crippen molar-refractivity contribution in [3.05, 3.63) is 52.9 Å². The van der Waals surface area contributed by atoms with E-state index < -0.39 is 0 Å². The van der Waals surface area contributed by atoms with Gasteiger partial charge in [-0.15, -0.1) is 0 Å². The molecule has 0 aliphatic rings. The van der Waals surface area contributed by atoms with E-state index in [9.17, 15) is 4.79 Å². The molecule has 2 rings (SSSR count). The van der Waals surface area contributed by atoms with Gasteiger partial charge in [-0.2, -0.15) is 0 Å². The van der Waals surface area contributed by atoms with Crippen molar-refractivity contribution in [2.45, 2.75) is 0 Å². The highest BCUT2D eigenvalue weighted by molar-refractivity contribution is 5.69. The van der Waals surface area contributed by atoms with Crippen molar-refractivity contribution in [1.29, 1.82) is 0 Å². The summed E-state index contributed by atoms with van der Waals surface area (Å²) in [4.78, 5) is 13.6. The Bertz CT molecular complexity index is 497. The number of benzene rings is 1. The molecule has 0 atom stereocenters. The summed E-state index contributed by atoms with van der Waals surface area (Å²) >= 11 is 0. The minimum atomic E-state index is -0.103. The number of aromatic nitrogens is 1. The number of methoxy groups -OCH3 is 1. The first-order valence-electron chi connectivity index (χ1n) is 4.63. The number of pyridine rings is 1. The van der Waals surface area contributed by atoms with Crippen LogP contribution < -0.4 is 10.3 Å². The minimum Gasteiger partial charge on any atom is -0.496 e. The number of H-pyrrole nitrogens is 1. The van der Waals surface area contributed by atoms with E-state index in [0.29, 0.717) is 0 Å². The summed E-state index contributed by atoms with van der Waals surface area (Å²) in [6, 6.07) is 11.0. The molecule has 15 heavy (non-hydrogen) atoms. The van der Waals surface area contributed by atoms with Gasteiger partial charge in [0.2, 0.25) is 5.56 Å². The second-order valence-corrected chi connectivity index (χ2v) is 3.14. The van der Waals surface area contributed by atoms with E-state index in [4.69, 9.17) is 4.74 Å². The van der Waals surface area contributed by atoms with Gasteiger partial charge in [0.1, 0.15) is 5.75 Å². The molecule has 0 aliphatic heterocycles. The van der Waals surface area contributed by atoms with Crippen LogP contribution in [0.25, 0.3) is 11.1 Å². The Labute approximate surface area is 87.3 Å². The zero-order valence-electron chi connectivity index (χ0n) is 8.36. The molecule has 1 aromatic carbocycles. The van der Waals surface area contributed by atoms with Gasteiger partial charge in [-0.1, -0.05) is 18.2 Å². The van der Waals surface area contributed by atoms with Gasteiger partial charge < -0.3 is 9.72 Å². The Balaban J connectivity index is 2.53. The fourth-order valence-electron chi connectivity index (χ4n) is 1.46. The molecule has 3 nitrogen and oxygen atoms in total. The SMILES string of the molecule is COc1ccccc1-c1ccc(=O)[nH]c1. The molecule has 1 aromatic heterocycles. The Kier molecular flexibility index (Phi) is 2.54. The van der Waals surface area contributed by atoms with Gasteiger partial charge in [0, 0.05) is 23.4 Å². The first-order valence-corrected chi connectivity index (χ1v) is 4.63. The van der Waals surface area contributed by atoms with Crippen LogP contribution in [0, 0.1) is 0 Å². The van der Waals surface area contributed by atoms with E-state index in [-0.39, 0.29) is 5.56 Å². The highest BCUT2D eigenvalue weighted by Gasteiger charge is 2.03. The van der Waals surface area contributed by atoms with Crippen LogP contribution in [0.15, 0.2) is 47.4 Å². The van der Waals surface area contributed by atoms with Crippen molar-refractivity contribution in [2.75, 3.05) is 7.11 Å². The van der Waals surface area contributed by atoms with Crippen molar-refractivity contribution in [2.24, 2.45) is 0 Å². The molecule has 2 aromatic rings. The van der Waals surface area contributed by atoms with Gasteiger partial charge in [0.15, 0.2) is 0 Å². The Morgan fingerprint density at radius 3 is 2.60 bits per heavy atom. The molecule has 0 amide bonds. The fourth-order valence-corrected chi connectivity index (χ4v) is 1.46. The predicted molar refractivity (Wildman–Crippen MR) is 59.1 cm³/mol. The number of aromatic amines is 1. The second kappa shape index (κ2) is 4.00. The molecule has 0 aliphatic carbocycles. The molecule has 0 radical (unpaired) electrons. The average Bonchev–Trinajstić information content (AvgIpc) is 2.30. The molecule has 1 heterocycles. The number of hydrogen-bond donors (Lipinski definition) is 1. The molecule has 0 fully saturated rings. The highest BCUT2D eigenvalue weighted by atomic mass is 16.5. The van der Waals surface area contributed by atoms with E-state index in [1.165, 1.54) is 6.07 Å². The first kappa shape index (κ1) is 9.52. The summed E-state index contributed by atoms with van der Waals surface area (Å²) in [5.41, 5.74) is 1.80. The third-order valence-electron chi connectivity index (χ3n) is 2.20. The summed E-state index contributed by atoms with van der Waals surface area (Å²) in [6.07, 6.45) is 1.68. The van der Waals surface area contributed by atoms with Gasteiger partial charge in [-0.05, 0) is 12.1 Å². The lowest BCUT2D eigenvalue weighted by Crippen LogP contribution is -2.01. The van der Waals surface area contributed by atoms with Crippen LogP contribution in [-0.2, 0) is 0 Å². The van der Waals surface area contributed by atoms with Crippen LogP contribution in [0.5, 0.6) is 5.75 Å². The number of rotatable bonds is 2. The molecule has 0 saturated carbocycles. The van der Waals surface area contributed by atoms with Crippen LogP contribution >= 0.6 is 0 Å². The standard InChI is InChI=1S/C12H11NO2/c1-15-11-5-3-2-4-10(11)9-6-7-12(14)13-8-9/h2-8H,1H3,(H,13,14). The third-order valence-corrected chi connectivity index (χ3v) is 2.20. The van der Waals surface area contributed by atoms with Crippen molar-refractivity contribution in [1.82, 2.24) is 4.98 Å². The molecule has 0 spiro atoms. The number of nitrogens with one attached hydrogen (secondary N) is 1. The van der Waals surface area contributed by atoms with Crippen molar-refractivity contribution < 1.29 is 4.74 Å². The molecular formula is C12H11NO2. The van der Waals surface area contributed by atoms with E-state index in [0.717, 1.165) is 16.9 Å². The maximum absolute atomic E-state index is 10.9. The number of ether oxygens (including phenoxy) is 1. The van der Waals surface area contributed by atoms with Gasteiger partial charge in [0.25, 0.3) is 0 Å². The molecule has 76 valence electrons. The molecular weight excluding hydrogens is 190 g/mol. The second-order valence-electron chi connectivity index (χ2n) is 3.14.